The quantitative estimate of drug-likeness (QED) is 0.766. The minimum Gasteiger partial charge on any atom is -0.475 e. The molecule has 5 heteroatoms. The van der Waals surface area contributed by atoms with Crippen LogP contribution in [0.3, 0.4) is 0 Å². The zero-order valence-electron chi connectivity index (χ0n) is 8.68. The highest BCUT2D eigenvalue weighted by Gasteiger charge is 2.17. The van der Waals surface area contributed by atoms with Gasteiger partial charge >= 0.3 is 5.97 Å². The molecule has 0 radical (unpaired) electrons. The van der Waals surface area contributed by atoms with Crippen LogP contribution in [0.4, 0.5) is 5.69 Å². The van der Waals surface area contributed by atoms with Crippen LogP contribution in [-0.4, -0.2) is 11.1 Å². The third-order valence-electron chi connectivity index (χ3n) is 2.31. The number of hydrogen-bond acceptors (Lipinski definition) is 4. The van der Waals surface area contributed by atoms with E-state index in [1.165, 1.54) is 18.4 Å². The van der Waals surface area contributed by atoms with Gasteiger partial charge in [0.15, 0.2) is 0 Å². The number of nitrogens with zero attached hydrogens (tertiary/aromatic N) is 1. The van der Waals surface area contributed by atoms with Crippen molar-refractivity contribution in [1.29, 1.82) is 5.26 Å². The smallest absolute Gasteiger partial charge is 0.372 e. The average molecular weight is 228 g/mol. The molecule has 0 aliphatic heterocycles. The molecule has 1 heterocycles. The topological polar surface area (TPSA) is 100 Å². The highest BCUT2D eigenvalue weighted by atomic mass is 16.4. The Morgan fingerprint density at radius 3 is 2.76 bits per heavy atom. The van der Waals surface area contributed by atoms with Gasteiger partial charge in [0.05, 0.1) is 17.9 Å². The van der Waals surface area contributed by atoms with E-state index in [0.717, 1.165) is 0 Å². The lowest BCUT2D eigenvalue weighted by atomic mass is 10.00. The van der Waals surface area contributed by atoms with E-state index in [0.29, 0.717) is 22.4 Å². The second kappa shape index (κ2) is 4.02. The minimum atomic E-state index is -1.18. The van der Waals surface area contributed by atoms with Crippen molar-refractivity contribution in [2.75, 3.05) is 5.73 Å². The van der Waals surface area contributed by atoms with Crippen molar-refractivity contribution >= 4 is 11.7 Å². The van der Waals surface area contributed by atoms with Gasteiger partial charge in [-0.2, -0.15) is 5.26 Å². The number of nitriles is 1. The Morgan fingerprint density at radius 2 is 2.12 bits per heavy atom. The molecular weight excluding hydrogens is 220 g/mol. The fourth-order valence-corrected chi connectivity index (χ4v) is 1.58. The van der Waals surface area contributed by atoms with Crippen LogP contribution in [0.1, 0.15) is 16.1 Å². The van der Waals surface area contributed by atoms with Gasteiger partial charge in [0.2, 0.25) is 5.76 Å². The first-order valence-electron chi connectivity index (χ1n) is 4.74. The molecule has 1 aromatic carbocycles. The average Bonchev–Trinajstić information content (AvgIpc) is 2.77. The molecule has 0 spiro atoms. The maximum absolute atomic E-state index is 10.9. The molecule has 2 aromatic rings. The summed E-state index contributed by atoms with van der Waals surface area (Å²) in [7, 11) is 0. The van der Waals surface area contributed by atoms with Crippen molar-refractivity contribution < 1.29 is 14.3 Å². The summed E-state index contributed by atoms with van der Waals surface area (Å²) in [6.45, 7) is 0. The van der Waals surface area contributed by atoms with E-state index in [2.05, 4.69) is 0 Å². The Bertz CT molecular complexity index is 623. The summed E-state index contributed by atoms with van der Waals surface area (Å²) >= 11 is 0. The van der Waals surface area contributed by atoms with E-state index in [1.54, 1.807) is 12.1 Å². The molecule has 5 nitrogen and oxygen atoms in total. The first-order chi connectivity index (χ1) is 8.13. The monoisotopic (exact) mass is 228 g/mol. The van der Waals surface area contributed by atoms with E-state index in [-0.39, 0.29) is 5.76 Å². The van der Waals surface area contributed by atoms with Crippen LogP contribution in [0.2, 0.25) is 0 Å². The fraction of sp³-hybridized carbons (Fsp3) is 0. The van der Waals surface area contributed by atoms with Crippen LogP contribution in [0, 0.1) is 11.3 Å². The van der Waals surface area contributed by atoms with Crippen molar-refractivity contribution in [1.82, 2.24) is 0 Å². The molecule has 2 rings (SSSR count). The van der Waals surface area contributed by atoms with Crippen molar-refractivity contribution in [2.24, 2.45) is 0 Å². The molecule has 84 valence electrons. The number of benzene rings is 1. The van der Waals surface area contributed by atoms with Crippen LogP contribution >= 0.6 is 0 Å². The van der Waals surface area contributed by atoms with Gasteiger partial charge in [0.1, 0.15) is 0 Å². The Kier molecular flexibility index (Phi) is 2.55. The predicted molar refractivity (Wildman–Crippen MR) is 60.2 cm³/mol. The number of rotatable bonds is 2. The summed E-state index contributed by atoms with van der Waals surface area (Å²) in [6, 6.07) is 8.19. The molecule has 3 N–H and O–H groups in total. The van der Waals surface area contributed by atoms with Crippen LogP contribution < -0.4 is 5.73 Å². The predicted octanol–water partition coefficient (Wildman–Crippen LogP) is 2.10. The highest BCUT2D eigenvalue weighted by Crippen LogP contribution is 2.29. The molecule has 17 heavy (non-hydrogen) atoms. The normalized spacial score (nSPS) is 9.82. The van der Waals surface area contributed by atoms with Gasteiger partial charge in [0.25, 0.3) is 0 Å². The van der Waals surface area contributed by atoms with E-state index in [9.17, 15) is 4.79 Å². The number of carbonyl (C=O) groups is 1. The van der Waals surface area contributed by atoms with Crippen LogP contribution in [0.25, 0.3) is 11.1 Å². The zero-order chi connectivity index (χ0) is 12.4. The summed E-state index contributed by atoms with van der Waals surface area (Å²) in [5.74, 6) is -1.36. The molecule has 0 bridgehead atoms. The van der Waals surface area contributed by atoms with Crippen LogP contribution in [-0.2, 0) is 0 Å². The summed E-state index contributed by atoms with van der Waals surface area (Å²) in [5.41, 5.74) is 7.19. The second-order valence-corrected chi connectivity index (χ2v) is 3.39. The summed E-state index contributed by atoms with van der Waals surface area (Å²) in [4.78, 5) is 10.9. The van der Waals surface area contributed by atoms with Gasteiger partial charge in [-0.15, -0.1) is 0 Å². The summed E-state index contributed by atoms with van der Waals surface area (Å²) in [5, 5.41) is 17.9. The van der Waals surface area contributed by atoms with Gasteiger partial charge in [0, 0.05) is 16.8 Å². The number of carboxylic acid groups (broad SMARTS) is 1. The summed E-state index contributed by atoms with van der Waals surface area (Å²) in [6.07, 6.45) is 1.27. The van der Waals surface area contributed by atoms with Crippen molar-refractivity contribution in [3.8, 4) is 17.2 Å². The number of nitrogens with two attached hydrogens (primary N) is 1. The third kappa shape index (κ3) is 1.84. The molecule has 0 amide bonds. The molecule has 0 atom stereocenters. The number of furan rings is 1. The molecule has 0 fully saturated rings. The van der Waals surface area contributed by atoms with Crippen molar-refractivity contribution in [3.05, 3.63) is 41.9 Å². The molecule has 0 aliphatic rings. The van der Waals surface area contributed by atoms with Gasteiger partial charge in [-0.1, -0.05) is 6.07 Å². The maximum Gasteiger partial charge on any atom is 0.372 e. The fourth-order valence-electron chi connectivity index (χ4n) is 1.58. The maximum atomic E-state index is 10.9. The molecule has 0 saturated carbocycles. The SMILES string of the molecule is N#Cc1cc(N)ccc1-c1ccoc1C(=O)O. The van der Waals surface area contributed by atoms with Gasteiger partial charge in [-0.3, -0.25) is 0 Å². The first-order valence-corrected chi connectivity index (χ1v) is 4.74. The Labute approximate surface area is 96.7 Å². The number of anilines is 1. The molecule has 0 saturated heterocycles. The van der Waals surface area contributed by atoms with Crippen LogP contribution in [0.15, 0.2) is 34.9 Å². The number of aromatic carboxylic acids is 1. The van der Waals surface area contributed by atoms with Crippen molar-refractivity contribution in [3.63, 3.8) is 0 Å². The lowest BCUT2D eigenvalue weighted by Gasteiger charge is -2.03. The third-order valence-corrected chi connectivity index (χ3v) is 2.31. The van der Waals surface area contributed by atoms with E-state index in [1.807, 2.05) is 6.07 Å². The molecule has 1 aromatic heterocycles. The molecule has 0 unspecified atom stereocenters. The summed E-state index contributed by atoms with van der Waals surface area (Å²) < 4.78 is 4.87. The lowest BCUT2D eigenvalue weighted by Crippen LogP contribution is -1.97. The van der Waals surface area contributed by atoms with Gasteiger partial charge < -0.3 is 15.3 Å². The van der Waals surface area contributed by atoms with Gasteiger partial charge in [-0.25, -0.2) is 4.79 Å². The Hall–Kier alpha value is -2.74. The first kappa shape index (κ1) is 10.8. The number of hydrogen-bond donors (Lipinski definition) is 2. The van der Waals surface area contributed by atoms with Crippen molar-refractivity contribution in [2.45, 2.75) is 0 Å². The lowest BCUT2D eigenvalue weighted by molar-refractivity contribution is 0.0663. The highest BCUT2D eigenvalue weighted by molar-refractivity contribution is 5.94. The largest absolute Gasteiger partial charge is 0.475 e. The number of nitrogen functional groups attached to an aromatic ring is 1. The van der Waals surface area contributed by atoms with E-state index >= 15 is 0 Å². The zero-order valence-corrected chi connectivity index (χ0v) is 8.68. The minimum absolute atomic E-state index is 0.189. The molecular formula is C12H8N2O3. The van der Waals surface area contributed by atoms with E-state index < -0.39 is 5.97 Å². The number of carboxylic acids is 1. The van der Waals surface area contributed by atoms with Gasteiger partial charge in [-0.05, 0) is 18.2 Å². The Morgan fingerprint density at radius 1 is 1.35 bits per heavy atom. The van der Waals surface area contributed by atoms with Crippen LogP contribution in [0.5, 0.6) is 0 Å². The molecule has 0 aliphatic carbocycles. The standard InChI is InChI=1S/C12H8N2O3/c13-6-7-5-8(14)1-2-9(7)10-3-4-17-11(10)12(15)16/h1-5H,14H2,(H,15,16). The Balaban J connectivity index is 2.65. The second-order valence-electron chi connectivity index (χ2n) is 3.39. The van der Waals surface area contributed by atoms with E-state index in [4.69, 9.17) is 20.5 Å².